The van der Waals surface area contributed by atoms with Crippen LogP contribution in [0.25, 0.3) is 0 Å². The second-order valence-corrected chi connectivity index (χ2v) is 6.79. The van der Waals surface area contributed by atoms with Gasteiger partial charge in [0.2, 0.25) is 0 Å². The Bertz CT molecular complexity index is 522. The van der Waals surface area contributed by atoms with Gasteiger partial charge in [-0.15, -0.1) is 0 Å². The molecular formula is C13H19NO4S. The molecule has 19 heavy (non-hydrogen) atoms. The zero-order chi connectivity index (χ0) is 14.5. The van der Waals surface area contributed by atoms with Gasteiger partial charge in [-0.1, -0.05) is 13.8 Å². The highest BCUT2D eigenvalue weighted by Gasteiger charge is 2.11. The summed E-state index contributed by atoms with van der Waals surface area (Å²) in [4.78, 5) is 10.8. The Morgan fingerprint density at radius 3 is 2.37 bits per heavy atom. The van der Waals surface area contributed by atoms with E-state index in [9.17, 15) is 13.2 Å². The van der Waals surface area contributed by atoms with E-state index >= 15 is 0 Å². The number of anilines is 1. The largest absolute Gasteiger partial charge is 0.481 e. The lowest BCUT2D eigenvalue weighted by atomic mass is 10.1. The number of hydrogen-bond donors (Lipinski definition) is 2. The molecule has 2 N–H and O–H groups in total. The molecule has 0 spiro atoms. The van der Waals surface area contributed by atoms with Gasteiger partial charge in [-0.05, 0) is 30.2 Å². The first kappa shape index (κ1) is 15.5. The second-order valence-electron chi connectivity index (χ2n) is 4.51. The van der Waals surface area contributed by atoms with Crippen LogP contribution < -0.4 is 5.32 Å². The molecule has 6 heteroatoms. The van der Waals surface area contributed by atoms with Crippen LogP contribution in [0.3, 0.4) is 0 Å². The minimum Gasteiger partial charge on any atom is -0.481 e. The molecule has 106 valence electrons. The molecule has 0 aliphatic carbocycles. The molecule has 0 radical (unpaired) electrons. The SMILES string of the molecule is CCS(=O)(=O)c1ccc(NCC(C)CC(=O)O)cc1. The fourth-order valence-corrected chi connectivity index (χ4v) is 2.49. The molecule has 0 amide bonds. The third-order valence-corrected chi connectivity index (χ3v) is 4.52. The smallest absolute Gasteiger partial charge is 0.303 e. The summed E-state index contributed by atoms with van der Waals surface area (Å²) < 4.78 is 23.2. The predicted octanol–water partition coefficient (Wildman–Crippen LogP) is 2.00. The van der Waals surface area contributed by atoms with Crippen LogP contribution in [0.15, 0.2) is 29.2 Å². The minimum atomic E-state index is -3.17. The normalized spacial score (nSPS) is 12.9. The van der Waals surface area contributed by atoms with Gasteiger partial charge in [-0.25, -0.2) is 8.42 Å². The number of benzene rings is 1. The van der Waals surface area contributed by atoms with Gasteiger partial charge in [0.05, 0.1) is 10.6 Å². The fraction of sp³-hybridized carbons (Fsp3) is 0.462. The van der Waals surface area contributed by atoms with E-state index in [2.05, 4.69) is 5.32 Å². The monoisotopic (exact) mass is 285 g/mol. The van der Waals surface area contributed by atoms with E-state index in [1.807, 2.05) is 6.92 Å². The number of carbonyl (C=O) groups is 1. The van der Waals surface area contributed by atoms with Crippen LogP contribution in [0.4, 0.5) is 5.69 Å². The Labute approximate surface area is 113 Å². The van der Waals surface area contributed by atoms with Gasteiger partial charge in [-0.3, -0.25) is 4.79 Å². The van der Waals surface area contributed by atoms with E-state index < -0.39 is 15.8 Å². The van der Waals surface area contributed by atoms with Crippen molar-refractivity contribution in [1.82, 2.24) is 0 Å². The summed E-state index contributed by atoms with van der Waals surface area (Å²) in [5, 5.41) is 11.7. The molecule has 0 fully saturated rings. The summed E-state index contributed by atoms with van der Waals surface area (Å²) >= 11 is 0. The van der Waals surface area contributed by atoms with Crippen molar-refractivity contribution in [3.63, 3.8) is 0 Å². The first-order valence-corrected chi connectivity index (χ1v) is 7.79. The lowest BCUT2D eigenvalue weighted by Crippen LogP contribution is -2.15. The molecule has 1 atom stereocenters. The zero-order valence-corrected chi connectivity index (χ0v) is 11.9. The Balaban J connectivity index is 2.61. The maximum absolute atomic E-state index is 11.6. The van der Waals surface area contributed by atoms with Crippen LogP contribution in [-0.2, 0) is 14.6 Å². The topological polar surface area (TPSA) is 83.5 Å². The van der Waals surface area contributed by atoms with Crippen molar-refractivity contribution < 1.29 is 18.3 Å². The summed E-state index contributed by atoms with van der Waals surface area (Å²) in [7, 11) is -3.17. The minimum absolute atomic E-state index is 0.0107. The lowest BCUT2D eigenvalue weighted by molar-refractivity contribution is -0.137. The van der Waals surface area contributed by atoms with Crippen molar-refractivity contribution in [2.75, 3.05) is 17.6 Å². The van der Waals surface area contributed by atoms with Crippen LogP contribution in [0, 0.1) is 5.92 Å². The van der Waals surface area contributed by atoms with E-state index in [1.54, 1.807) is 31.2 Å². The van der Waals surface area contributed by atoms with Gasteiger partial charge >= 0.3 is 5.97 Å². The maximum Gasteiger partial charge on any atom is 0.303 e. The molecule has 0 bridgehead atoms. The molecule has 1 aromatic carbocycles. The quantitative estimate of drug-likeness (QED) is 0.800. The Kier molecular flexibility index (Phi) is 5.35. The van der Waals surface area contributed by atoms with Crippen LogP contribution in [-0.4, -0.2) is 31.8 Å². The molecule has 0 heterocycles. The number of nitrogens with one attached hydrogen (secondary N) is 1. The lowest BCUT2D eigenvalue weighted by Gasteiger charge is -2.11. The fourth-order valence-electron chi connectivity index (χ4n) is 1.61. The standard InChI is InChI=1S/C13H19NO4S/c1-3-19(17,18)12-6-4-11(5-7-12)14-9-10(2)8-13(15)16/h4-7,10,14H,3,8-9H2,1-2H3,(H,15,16). The van der Waals surface area contributed by atoms with Crippen LogP contribution in [0.1, 0.15) is 20.3 Å². The predicted molar refractivity (Wildman–Crippen MR) is 74.1 cm³/mol. The number of hydrogen-bond acceptors (Lipinski definition) is 4. The van der Waals surface area contributed by atoms with E-state index in [4.69, 9.17) is 5.11 Å². The van der Waals surface area contributed by atoms with E-state index in [0.29, 0.717) is 11.4 Å². The summed E-state index contributed by atoms with van der Waals surface area (Å²) in [6, 6.07) is 6.50. The highest BCUT2D eigenvalue weighted by molar-refractivity contribution is 7.91. The van der Waals surface area contributed by atoms with Crippen molar-refractivity contribution in [2.24, 2.45) is 5.92 Å². The molecule has 0 aliphatic heterocycles. The second kappa shape index (κ2) is 6.56. The van der Waals surface area contributed by atoms with E-state index in [1.165, 1.54) is 0 Å². The number of carboxylic acid groups (broad SMARTS) is 1. The third kappa shape index (κ3) is 4.90. The van der Waals surface area contributed by atoms with Crippen molar-refractivity contribution in [3.05, 3.63) is 24.3 Å². The zero-order valence-electron chi connectivity index (χ0n) is 11.1. The summed E-state index contributed by atoms with van der Waals surface area (Å²) in [5.74, 6) is -0.731. The Hall–Kier alpha value is -1.56. The molecule has 0 aliphatic rings. The van der Waals surface area contributed by atoms with Crippen molar-refractivity contribution >= 4 is 21.5 Å². The van der Waals surface area contributed by atoms with Crippen molar-refractivity contribution in [1.29, 1.82) is 0 Å². The molecule has 1 unspecified atom stereocenters. The number of sulfone groups is 1. The van der Waals surface area contributed by atoms with Crippen LogP contribution >= 0.6 is 0 Å². The van der Waals surface area contributed by atoms with Crippen molar-refractivity contribution in [2.45, 2.75) is 25.2 Å². The summed E-state index contributed by atoms with van der Waals surface area (Å²) in [6.07, 6.45) is 0.106. The molecule has 1 rings (SSSR count). The van der Waals surface area contributed by atoms with Gasteiger partial charge in [0.15, 0.2) is 9.84 Å². The molecule has 0 saturated carbocycles. The first-order chi connectivity index (χ1) is 8.85. The van der Waals surface area contributed by atoms with Gasteiger partial charge in [-0.2, -0.15) is 0 Å². The van der Waals surface area contributed by atoms with Crippen molar-refractivity contribution in [3.8, 4) is 0 Å². The first-order valence-electron chi connectivity index (χ1n) is 6.13. The Morgan fingerprint density at radius 1 is 1.32 bits per heavy atom. The molecular weight excluding hydrogens is 266 g/mol. The average Bonchev–Trinajstić information content (AvgIpc) is 2.36. The molecule has 0 aromatic heterocycles. The van der Waals surface area contributed by atoms with Crippen LogP contribution in [0.2, 0.25) is 0 Å². The highest BCUT2D eigenvalue weighted by atomic mass is 32.2. The molecule has 1 aromatic rings. The summed E-state index contributed by atoms with van der Waals surface area (Å²) in [6.45, 7) is 3.98. The van der Waals surface area contributed by atoms with E-state index in [0.717, 1.165) is 5.69 Å². The number of carboxylic acids is 1. The molecule has 0 saturated heterocycles. The van der Waals surface area contributed by atoms with Gasteiger partial charge in [0.1, 0.15) is 0 Å². The maximum atomic E-state index is 11.6. The van der Waals surface area contributed by atoms with Gasteiger partial charge in [0, 0.05) is 18.7 Å². The highest BCUT2D eigenvalue weighted by Crippen LogP contribution is 2.16. The van der Waals surface area contributed by atoms with Crippen LogP contribution in [0.5, 0.6) is 0 Å². The molecule has 5 nitrogen and oxygen atoms in total. The number of aliphatic carboxylic acids is 1. The Morgan fingerprint density at radius 2 is 1.89 bits per heavy atom. The summed E-state index contributed by atoms with van der Waals surface area (Å²) in [5.41, 5.74) is 0.785. The van der Waals surface area contributed by atoms with E-state index in [-0.39, 0.29) is 18.1 Å². The average molecular weight is 285 g/mol. The third-order valence-electron chi connectivity index (χ3n) is 2.77. The van der Waals surface area contributed by atoms with Gasteiger partial charge < -0.3 is 10.4 Å². The number of rotatable bonds is 7. The van der Waals surface area contributed by atoms with Gasteiger partial charge in [0.25, 0.3) is 0 Å².